The van der Waals surface area contributed by atoms with Crippen molar-refractivity contribution in [2.45, 2.75) is 31.4 Å². The van der Waals surface area contributed by atoms with Gasteiger partial charge in [0.25, 0.3) is 10.0 Å². The molecule has 104 valence electrons. The summed E-state index contributed by atoms with van der Waals surface area (Å²) in [5.74, 6) is 0. The Balaban J connectivity index is 2.41. The fourth-order valence-electron chi connectivity index (χ4n) is 1.31. The number of H-pyrrole nitrogens is 1. The van der Waals surface area contributed by atoms with E-state index < -0.39 is 10.0 Å². The van der Waals surface area contributed by atoms with Crippen LogP contribution in [0.1, 0.15) is 25.3 Å². The van der Waals surface area contributed by atoms with E-state index >= 15 is 0 Å². The summed E-state index contributed by atoms with van der Waals surface area (Å²) >= 11 is 0. The second-order valence-electron chi connectivity index (χ2n) is 3.75. The molecule has 0 amide bonds. The minimum Gasteiger partial charge on any atom is -0.392 e. The molecule has 3 N–H and O–H groups in total. The summed E-state index contributed by atoms with van der Waals surface area (Å²) in [5.41, 5.74) is 0.245. The molecule has 0 spiro atoms. The Kier molecular flexibility index (Phi) is 6.27. The number of aromatic amines is 1. The normalized spacial score (nSPS) is 11.9. The molecule has 8 heteroatoms. The predicted molar refractivity (Wildman–Crippen MR) is 65.4 cm³/mol. The highest BCUT2D eigenvalue weighted by Crippen LogP contribution is 2.10. The van der Waals surface area contributed by atoms with Gasteiger partial charge in [0.05, 0.1) is 19.4 Å². The molecule has 0 bridgehead atoms. The highest BCUT2D eigenvalue weighted by molar-refractivity contribution is 7.89. The fraction of sp³-hybridized carbons (Fsp3) is 0.700. The first-order valence-corrected chi connectivity index (χ1v) is 7.30. The number of nitrogens with one attached hydrogen (secondary N) is 2. The smallest absolute Gasteiger partial charge is 0.257 e. The highest BCUT2D eigenvalue weighted by Gasteiger charge is 2.19. The van der Waals surface area contributed by atoms with Crippen molar-refractivity contribution in [3.05, 3.63) is 11.8 Å². The van der Waals surface area contributed by atoms with Gasteiger partial charge in [0.1, 0.15) is 0 Å². The number of ether oxygens (including phenoxy) is 1. The van der Waals surface area contributed by atoms with E-state index in [1.807, 2.05) is 0 Å². The number of hydrogen-bond donors (Lipinski definition) is 3. The Morgan fingerprint density at radius 3 is 2.94 bits per heavy atom. The van der Waals surface area contributed by atoms with Gasteiger partial charge in [-0.15, -0.1) is 0 Å². The topological polar surface area (TPSA) is 104 Å². The molecule has 0 aliphatic rings. The van der Waals surface area contributed by atoms with Crippen molar-refractivity contribution in [3.63, 3.8) is 0 Å². The molecule has 1 aromatic rings. The lowest BCUT2D eigenvalue weighted by Crippen LogP contribution is -2.28. The summed E-state index contributed by atoms with van der Waals surface area (Å²) in [4.78, 5) is 0. The molecule has 0 fully saturated rings. The van der Waals surface area contributed by atoms with Gasteiger partial charge in [0.2, 0.25) is 0 Å². The summed E-state index contributed by atoms with van der Waals surface area (Å²) in [6.07, 6.45) is 3.29. The average molecular weight is 277 g/mol. The Morgan fingerprint density at radius 2 is 2.28 bits per heavy atom. The van der Waals surface area contributed by atoms with Gasteiger partial charge in [-0.25, -0.2) is 13.1 Å². The number of hydrogen-bond acceptors (Lipinski definition) is 5. The zero-order chi connectivity index (χ0) is 13.4. The lowest BCUT2D eigenvalue weighted by Gasteiger charge is -2.06. The first kappa shape index (κ1) is 15.1. The Hall–Kier alpha value is -0.960. The number of aliphatic hydroxyl groups excluding tert-OH is 1. The fourth-order valence-corrected chi connectivity index (χ4v) is 2.45. The minimum atomic E-state index is -3.66. The quantitative estimate of drug-likeness (QED) is 0.551. The second kappa shape index (κ2) is 7.47. The summed E-state index contributed by atoms with van der Waals surface area (Å²) in [6, 6.07) is 0. The van der Waals surface area contributed by atoms with Crippen molar-refractivity contribution in [2.24, 2.45) is 0 Å². The Morgan fingerprint density at radius 1 is 1.50 bits per heavy atom. The van der Waals surface area contributed by atoms with Crippen LogP contribution >= 0.6 is 0 Å². The highest BCUT2D eigenvalue weighted by atomic mass is 32.2. The van der Waals surface area contributed by atoms with Crippen LogP contribution in [-0.2, 0) is 21.4 Å². The van der Waals surface area contributed by atoms with E-state index in [9.17, 15) is 8.42 Å². The molecule has 0 saturated heterocycles. The largest absolute Gasteiger partial charge is 0.392 e. The molecule has 0 radical (unpaired) electrons. The van der Waals surface area contributed by atoms with Gasteiger partial charge in [0, 0.05) is 18.7 Å². The van der Waals surface area contributed by atoms with E-state index in [-0.39, 0.29) is 23.7 Å². The molecular weight excluding hydrogens is 258 g/mol. The Labute approximate surface area is 107 Å². The van der Waals surface area contributed by atoms with Gasteiger partial charge >= 0.3 is 0 Å². The standard InChI is InChI=1S/C10H19N3O4S/c1-2-3-5-17-6-4-12-18(15,16)10-9(8-14)7-11-13-10/h7,12,14H,2-6,8H2,1H3,(H,11,13). The number of aromatic nitrogens is 2. The molecule has 1 aromatic heterocycles. The van der Waals surface area contributed by atoms with E-state index in [0.29, 0.717) is 13.2 Å². The molecule has 0 aliphatic heterocycles. The molecule has 0 aliphatic carbocycles. The minimum absolute atomic E-state index is 0.0986. The molecule has 0 aromatic carbocycles. The number of sulfonamides is 1. The average Bonchev–Trinajstić information content (AvgIpc) is 2.82. The summed E-state index contributed by atoms with van der Waals surface area (Å²) in [5, 5.41) is 14.8. The third kappa shape index (κ3) is 4.37. The molecule has 0 saturated carbocycles. The van der Waals surface area contributed by atoms with Crippen molar-refractivity contribution >= 4 is 10.0 Å². The monoisotopic (exact) mass is 277 g/mol. The predicted octanol–water partition coefficient (Wildman–Crippen LogP) is -0.00300. The van der Waals surface area contributed by atoms with E-state index in [2.05, 4.69) is 21.8 Å². The van der Waals surface area contributed by atoms with Gasteiger partial charge < -0.3 is 9.84 Å². The van der Waals surface area contributed by atoms with Crippen LogP contribution in [0.25, 0.3) is 0 Å². The molecular formula is C10H19N3O4S. The van der Waals surface area contributed by atoms with Crippen LogP contribution in [0.4, 0.5) is 0 Å². The van der Waals surface area contributed by atoms with Crippen LogP contribution in [0.2, 0.25) is 0 Å². The van der Waals surface area contributed by atoms with Crippen molar-refractivity contribution in [2.75, 3.05) is 19.8 Å². The Bertz CT molecular complexity index is 444. The summed E-state index contributed by atoms with van der Waals surface area (Å²) < 4.78 is 31.2. The molecule has 7 nitrogen and oxygen atoms in total. The zero-order valence-electron chi connectivity index (χ0n) is 10.3. The van der Waals surface area contributed by atoms with E-state index in [1.54, 1.807) is 0 Å². The molecule has 18 heavy (non-hydrogen) atoms. The lowest BCUT2D eigenvalue weighted by atomic mass is 10.4. The van der Waals surface area contributed by atoms with Crippen LogP contribution in [0.5, 0.6) is 0 Å². The number of unbranched alkanes of at least 4 members (excludes halogenated alkanes) is 1. The third-order valence-electron chi connectivity index (χ3n) is 2.30. The SMILES string of the molecule is CCCCOCCNS(=O)(=O)c1[nH]ncc1CO. The second-order valence-corrected chi connectivity index (χ2v) is 5.45. The van der Waals surface area contributed by atoms with E-state index in [4.69, 9.17) is 9.84 Å². The zero-order valence-corrected chi connectivity index (χ0v) is 11.2. The van der Waals surface area contributed by atoms with Crippen LogP contribution in [0.3, 0.4) is 0 Å². The van der Waals surface area contributed by atoms with Crippen molar-refractivity contribution in [1.82, 2.24) is 14.9 Å². The maximum atomic E-state index is 11.8. The van der Waals surface area contributed by atoms with Gasteiger partial charge in [-0.2, -0.15) is 5.10 Å². The number of rotatable bonds is 9. The van der Waals surface area contributed by atoms with Crippen molar-refractivity contribution in [1.29, 1.82) is 0 Å². The van der Waals surface area contributed by atoms with Crippen molar-refractivity contribution < 1.29 is 18.3 Å². The maximum absolute atomic E-state index is 11.8. The van der Waals surface area contributed by atoms with Gasteiger partial charge in [-0.3, -0.25) is 5.10 Å². The van der Waals surface area contributed by atoms with Gasteiger partial charge in [-0.1, -0.05) is 13.3 Å². The molecule has 0 atom stereocenters. The lowest BCUT2D eigenvalue weighted by molar-refractivity contribution is 0.136. The molecule has 1 heterocycles. The van der Waals surface area contributed by atoms with E-state index in [1.165, 1.54) is 6.20 Å². The summed E-state index contributed by atoms with van der Waals surface area (Å²) in [6.45, 7) is 2.82. The van der Waals surface area contributed by atoms with Crippen LogP contribution in [0.15, 0.2) is 11.2 Å². The maximum Gasteiger partial charge on any atom is 0.257 e. The van der Waals surface area contributed by atoms with Crippen LogP contribution in [-0.4, -0.2) is 43.5 Å². The molecule has 0 unspecified atom stereocenters. The first-order valence-electron chi connectivity index (χ1n) is 5.82. The van der Waals surface area contributed by atoms with Crippen molar-refractivity contribution in [3.8, 4) is 0 Å². The number of nitrogens with zero attached hydrogens (tertiary/aromatic N) is 1. The first-order chi connectivity index (χ1) is 8.61. The molecule has 1 rings (SSSR count). The van der Waals surface area contributed by atoms with Crippen LogP contribution < -0.4 is 4.72 Å². The number of aliphatic hydroxyl groups is 1. The van der Waals surface area contributed by atoms with E-state index in [0.717, 1.165) is 12.8 Å². The van der Waals surface area contributed by atoms with Crippen LogP contribution in [0, 0.1) is 0 Å². The summed E-state index contributed by atoms with van der Waals surface area (Å²) in [7, 11) is -3.66. The third-order valence-corrected chi connectivity index (χ3v) is 3.77. The van der Waals surface area contributed by atoms with Gasteiger partial charge in [-0.05, 0) is 6.42 Å². The van der Waals surface area contributed by atoms with Gasteiger partial charge in [0.15, 0.2) is 5.03 Å².